The molecule has 2 heterocycles. The fraction of sp³-hybridized carbons (Fsp3) is 0.400. The molecule has 1 aliphatic heterocycles. The summed E-state index contributed by atoms with van der Waals surface area (Å²) >= 11 is 0. The number of aryl methyl sites for hydroxylation is 1. The second-order valence-corrected chi connectivity index (χ2v) is 6.79. The van der Waals surface area contributed by atoms with Crippen molar-refractivity contribution in [3.63, 3.8) is 0 Å². The van der Waals surface area contributed by atoms with Gasteiger partial charge in [-0.15, -0.1) is 24.0 Å². The average Bonchev–Trinajstić information content (AvgIpc) is 3.16. The number of aliphatic imine (C=N–C) groups is 1. The average molecular weight is 525 g/mol. The van der Waals surface area contributed by atoms with Crippen LogP contribution in [0.5, 0.6) is 0 Å². The number of hydrogen-bond acceptors (Lipinski definition) is 4. The van der Waals surface area contributed by atoms with Gasteiger partial charge in [-0.3, -0.25) is 14.3 Å². The number of guanidine groups is 1. The predicted octanol–water partition coefficient (Wildman–Crippen LogP) is 1.21. The van der Waals surface area contributed by atoms with Gasteiger partial charge < -0.3 is 20.4 Å². The summed E-state index contributed by atoms with van der Waals surface area (Å²) in [5.41, 5.74) is 2.42. The third kappa shape index (κ3) is 5.71. The summed E-state index contributed by atoms with van der Waals surface area (Å²) in [5, 5.41) is 10.0. The first-order chi connectivity index (χ1) is 14.0. The number of piperazine rings is 1. The Morgan fingerprint density at radius 3 is 2.53 bits per heavy atom. The van der Waals surface area contributed by atoms with Gasteiger partial charge in [0.05, 0.1) is 18.4 Å². The third-order valence-electron chi connectivity index (χ3n) is 4.71. The van der Waals surface area contributed by atoms with Crippen LogP contribution in [0, 0.1) is 0 Å². The number of carbonyl (C=O) groups is 2. The Bertz CT molecular complexity index is 895. The zero-order chi connectivity index (χ0) is 20.8. The van der Waals surface area contributed by atoms with Crippen LogP contribution >= 0.6 is 24.0 Å². The molecule has 162 valence electrons. The zero-order valence-corrected chi connectivity index (χ0v) is 19.8. The van der Waals surface area contributed by atoms with Gasteiger partial charge in [0.2, 0.25) is 5.91 Å². The quantitative estimate of drug-likeness (QED) is 0.348. The molecule has 0 saturated carbocycles. The minimum Gasteiger partial charge on any atom is -0.356 e. The Kier molecular flexibility index (Phi) is 8.63. The van der Waals surface area contributed by atoms with Crippen LogP contribution < -0.4 is 15.5 Å². The highest BCUT2D eigenvalue weighted by molar-refractivity contribution is 14.0. The van der Waals surface area contributed by atoms with Gasteiger partial charge in [-0.2, -0.15) is 5.10 Å². The van der Waals surface area contributed by atoms with Crippen LogP contribution in [-0.4, -0.2) is 65.7 Å². The number of amides is 2. The fourth-order valence-corrected chi connectivity index (χ4v) is 3.17. The molecule has 30 heavy (non-hydrogen) atoms. The Balaban J connectivity index is 0.00000320. The smallest absolute Gasteiger partial charge is 0.251 e. The molecule has 9 nitrogen and oxygen atoms in total. The summed E-state index contributed by atoms with van der Waals surface area (Å²) in [7, 11) is 3.44. The second-order valence-electron chi connectivity index (χ2n) is 6.79. The Hall–Kier alpha value is -2.63. The molecule has 0 radical (unpaired) electrons. The highest BCUT2D eigenvalue weighted by Crippen LogP contribution is 2.16. The fourth-order valence-electron chi connectivity index (χ4n) is 3.17. The van der Waals surface area contributed by atoms with Crippen LogP contribution in [0.1, 0.15) is 22.8 Å². The van der Waals surface area contributed by atoms with Gasteiger partial charge in [-0.05, 0) is 24.6 Å². The summed E-state index contributed by atoms with van der Waals surface area (Å²) in [6.45, 7) is 4.70. The van der Waals surface area contributed by atoms with Crippen molar-refractivity contribution in [2.45, 2.75) is 13.5 Å². The molecule has 0 unspecified atom stereocenters. The SMILES string of the molecule is CCNC(=NCc1ccc(C(=O)NC)cc1)N1CCN(c2cnn(C)c2)C(=O)C1.I. The van der Waals surface area contributed by atoms with Crippen LogP contribution in [0.25, 0.3) is 0 Å². The van der Waals surface area contributed by atoms with Crippen molar-refractivity contribution in [1.29, 1.82) is 0 Å². The Morgan fingerprint density at radius 2 is 1.97 bits per heavy atom. The molecule has 1 aromatic carbocycles. The van der Waals surface area contributed by atoms with Crippen LogP contribution in [0.4, 0.5) is 5.69 Å². The number of anilines is 1. The topological polar surface area (TPSA) is 94.9 Å². The van der Waals surface area contributed by atoms with E-state index < -0.39 is 0 Å². The van der Waals surface area contributed by atoms with Crippen molar-refractivity contribution in [1.82, 2.24) is 25.3 Å². The van der Waals surface area contributed by atoms with Crippen molar-refractivity contribution < 1.29 is 9.59 Å². The molecule has 0 atom stereocenters. The maximum atomic E-state index is 12.7. The maximum Gasteiger partial charge on any atom is 0.251 e. The van der Waals surface area contributed by atoms with Crippen LogP contribution in [0.2, 0.25) is 0 Å². The van der Waals surface area contributed by atoms with Crippen molar-refractivity contribution in [3.8, 4) is 0 Å². The van der Waals surface area contributed by atoms with Crippen LogP contribution in [-0.2, 0) is 18.4 Å². The number of halogens is 1. The molecule has 10 heteroatoms. The first kappa shape index (κ1) is 23.6. The number of nitrogens with one attached hydrogen (secondary N) is 2. The standard InChI is InChI=1S/C20H27N7O2.HI/c1-4-22-20(23-11-15-5-7-16(8-6-15)19(29)21-2)26-9-10-27(18(28)14-26)17-12-24-25(3)13-17;/h5-8,12-13H,4,9-11,14H2,1-3H3,(H,21,29)(H,22,23);1H. The van der Waals surface area contributed by atoms with E-state index in [2.05, 4.69) is 20.7 Å². The molecule has 2 aromatic rings. The van der Waals surface area contributed by atoms with Crippen LogP contribution in [0.15, 0.2) is 41.7 Å². The molecular weight excluding hydrogens is 497 g/mol. The maximum absolute atomic E-state index is 12.7. The number of nitrogens with zero attached hydrogens (tertiary/aromatic N) is 5. The molecule has 0 aliphatic carbocycles. The minimum atomic E-state index is -0.113. The van der Waals surface area contributed by atoms with Gasteiger partial charge >= 0.3 is 0 Å². The minimum absolute atomic E-state index is 0. The van der Waals surface area contributed by atoms with E-state index >= 15 is 0 Å². The summed E-state index contributed by atoms with van der Waals surface area (Å²) in [4.78, 5) is 32.7. The van der Waals surface area contributed by atoms with E-state index in [0.717, 1.165) is 11.3 Å². The summed E-state index contributed by atoms with van der Waals surface area (Å²) in [5.74, 6) is 0.616. The van der Waals surface area contributed by atoms with Crippen molar-refractivity contribution >= 4 is 47.4 Å². The predicted molar refractivity (Wildman–Crippen MR) is 127 cm³/mol. The lowest BCUT2D eigenvalue weighted by molar-refractivity contribution is -0.120. The second kappa shape index (κ2) is 11.0. The molecular formula is C20H28IN7O2. The van der Waals surface area contributed by atoms with Gasteiger partial charge in [0.15, 0.2) is 5.96 Å². The molecule has 1 saturated heterocycles. The molecule has 3 rings (SSSR count). The molecule has 1 aromatic heterocycles. The highest BCUT2D eigenvalue weighted by Gasteiger charge is 2.27. The van der Waals surface area contributed by atoms with Gasteiger partial charge in [0.1, 0.15) is 6.54 Å². The first-order valence-electron chi connectivity index (χ1n) is 9.65. The lowest BCUT2D eigenvalue weighted by Crippen LogP contribution is -2.55. The number of rotatable bonds is 5. The van der Waals surface area contributed by atoms with E-state index in [-0.39, 0.29) is 42.3 Å². The number of benzene rings is 1. The van der Waals surface area contributed by atoms with Gasteiger partial charge in [-0.1, -0.05) is 12.1 Å². The summed E-state index contributed by atoms with van der Waals surface area (Å²) in [6.07, 6.45) is 3.55. The summed E-state index contributed by atoms with van der Waals surface area (Å²) in [6, 6.07) is 7.35. The molecule has 2 N–H and O–H groups in total. The van der Waals surface area contributed by atoms with Crippen molar-refractivity contribution in [2.24, 2.45) is 12.0 Å². The third-order valence-corrected chi connectivity index (χ3v) is 4.71. The molecule has 0 bridgehead atoms. The summed E-state index contributed by atoms with van der Waals surface area (Å²) < 4.78 is 1.69. The highest BCUT2D eigenvalue weighted by atomic mass is 127. The van der Waals surface area contributed by atoms with E-state index in [9.17, 15) is 9.59 Å². The monoisotopic (exact) mass is 525 g/mol. The van der Waals surface area contributed by atoms with Crippen molar-refractivity contribution in [3.05, 3.63) is 47.8 Å². The zero-order valence-electron chi connectivity index (χ0n) is 17.5. The van der Waals surface area contributed by atoms with Gasteiger partial charge in [0.25, 0.3) is 5.91 Å². The lowest BCUT2D eigenvalue weighted by atomic mass is 10.1. The van der Waals surface area contributed by atoms with Gasteiger partial charge in [-0.25, -0.2) is 4.99 Å². The lowest BCUT2D eigenvalue weighted by Gasteiger charge is -2.35. The molecule has 0 spiro atoms. The Morgan fingerprint density at radius 1 is 1.23 bits per heavy atom. The molecule has 1 fully saturated rings. The number of hydrogen-bond donors (Lipinski definition) is 2. The first-order valence-corrected chi connectivity index (χ1v) is 9.65. The van der Waals surface area contributed by atoms with E-state index in [1.165, 1.54) is 0 Å². The number of aromatic nitrogens is 2. The van der Waals surface area contributed by atoms with E-state index in [4.69, 9.17) is 0 Å². The van der Waals surface area contributed by atoms with E-state index in [1.54, 1.807) is 35.0 Å². The van der Waals surface area contributed by atoms with Gasteiger partial charge in [0, 0.05) is 45.5 Å². The van der Waals surface area contributed by atoms with Crippen LogP contribution in [0.3, 0.4) is 0 Å². The Labute approximate surface area is 193 Å². The van der Waals surface area contributed by atoms with E-state index in [0.29, 0.717) is 37.7 Å². The van der Waals surface area contributed by atoms with E-state index in [1.807, 2.05) is 37.2 Å². The largest absolute Gasteiger partial charge is 0.356 e. The number of carbonyl (C=O) groups excluding carboxylic acids is 2. The normalized spacial score (nSPS) is 14.4. The molecule has 2 amide bonds. The molecule has 1 aliphatic rings. The van der Waals surface area contributed by atoms with Crippen molar-refractivity contribution in [2.75, 3.05) is 38.1 Å².